The predicted molar refractivity (Wildman–Crippen MR) is 75.4 cm³/mol. The third-order valence-electron chi connectivity index (χ3n) is 2.79. The van der Waals surface area contributed by atoms with Gasteiger partial charge in [-0.05, 0) is 29.8 Å². The summed E-state index contributed by atoms with van der Waals surface area (Å²) in [5, 5.41) is 0.919. The highest BCUT2D eigenvalue weighted by Crippen LogP contribution is 2.30. The van der Waals surface area contributed by atoms with Crippen molar-refractivity contribution in [3.8, 4) is 5.75 Å². The lowest BCUT2D eigenvalue weighted by Crippen LogP contribution is -2.14. The molecule has 0 bridgehead atoms. The Bertz CT molecular complexity index is 584. The summed E-state index contributed by atoms with van der Waals surface area (Å²) in [6.07, 6.45) is 0. The fraction of sp³-hybridized carbons (Fsp3) is 0.143. The Kier molecular flexibility index (Phi) is 4.30. The van der Waals surface area contributed by atoms with Crippen LogP contribution in [-0.4, -0.2) is 7.11 Å². The van der Waals surface area contributed by atoms with Crippen molar-refractivity contribution in [2.24, 2.45) is 5.73 Å². The molecule has 0 radical (unpaired) electrons. The van der Waals surface area contributed by atoms with Gasteiger partial charge in [0.1, 0.15) is 0 Å². The van der Waals surface area contributed by atoms with Gasteiger partial charge < -0.3 is 10.5 Å². The van der Waals surface area contributed by atoms with Crippen molar-refractivity contribution in [1.29, 1.82) is 0 Å². The Morgan fingerprint density at radius 2 is 1.79 bits per heavy atom. The SMILES string of the molecule is COc1cccc(C(N)c2cc(Cl)cc(Cl)c2)c1F. The molecule has 1 unspecified atom stereocenters. The Balaban J connectivity index is 2.46. The smallest absolute Gasteiger partial charge is 0.170 e. The number of hydrogen-bond acceptors (Lipinski definition) is 2. The van der Waals surface area contributed by atoms with Crippen LogP contribution < -0.4 is 10.5 Å². The first-order valence-electron chi connectivity index (χ1n) is 5.57. The third kappa shape index (κ3) is 3.00. The van der Waals surface area contributed by atoms with Gasteiger partial charge in [0.2, 0.25) is 0 Å². The summed E-state index contributed by atoms with van der Waals surface area (Å²) in [7, 11) is 1.41. The molecule has 1 atom stereocenters. The van der Waals surface area contributed by atoms with E-state index in [2.05, 4.69) is 0 Å². The molecule has 100 valence electrons. The maximum absolute atomic E-state index is 14.1. The van der Waals surface area contributed by atoms with Crippen molar-refractivity contribution >= 4 is 23.2 Å². The molecule has 2 rings (SSSR count). The summed E-state index contributed by atoms with van der Waals surface area (Å²) >= 11 is 11.8. The summed E-state index contributed by atoms with van der Waals surface area (Å²) in [4.78, 5) is 0. The lowest BCUT2D eigenvalue weighted by atomic mass is 9.99. The topological polar surface area (TPSA) is 35.2 Å². The Hall–Kier alpha value is -1.29. The van der Waals surface area contributed by atoms with E-state index < -0.39 is 11.9 Å². The second-order valence-corrected chi connectivity index (χ2v) is 4.92. The van der Waals surface area contributed by atoms with Crippen molar-refractivity contribution in [3.63, 3.8) is 0 Å². The van der Waals surface area contributed by atoms with E-state index in [-0.39, 0.29) is 5.75 Å². The average molecular weight is 300 g/mol. The molecule has 5 heteroatoms. The van der Waals surface area contributed by atoms with Crippen LogP contribution in [0.3, 0.4) is 0 Å². The monoisotopic (exact) mass is 299 g/mol. The third-order valence-corrected chi connectivity index (χ3v) is 3.23. The van der Waals surface area contributed by atoms with Crippen LogP contribution in [0.2, 0.25) is 10.0 Å². The number of benzene rings is 2. The van der Waals surface area contributed by atoms with Crippen LogP contribution in [0.4, 0.5) is 4.39 Å². The van der Waals surface area contributed by atoms with E-state index in [1.165, 1.54) is 13.2 Å². The van der Waals surface area contributed by atoms with Gasteiger partial charge >= 0.3 is 0 Å². The lowest BCUT2D eigenvalue weighted by Gasteiger charge is -2.15. The van der Waals surface area contributed by atoms with Crippen LogP contribution in [0.25, 0.3) is 0 Å². The quantitative estimate of drug-likeness (QED) is 0.922. The van der Waals surface area contributed by atoms with Gasteiger partial charge in [-0.15, -0.1) is 0 Å². The maximum atomic E-state index is 14.1. The molecule has 0 aliphatic carbocycles. The van der Waals surface area contributed by atoms with E-state index >= 15 is 0 Å². The molecule has 0 aromatic heterocycles. The maximum Gasteiger partial charge on any atom is 0.170 e. The Morgan fingerprint density at radius 1 is 1.16 bits per heavy atom. The molecule has 0 spiro atoms. The Morgan fingerprint density at radius 3 is 2.37 bits per heavy atom. The summed E-state index contributed by atoms with van der Waals surface area (Å²) in [6, 6.07) is 9.10. The second kappa shape index (κ2) is 5.78. The van der Waals surface area contributed by atoms with Crippen molar-refractivity contribution < 1.29 is 9.13 Å². The van der Waals surface area contributed by atoms with Crippen LogP contribution in [-0.2, 0) is 0 Å². The molecule has 2 aromatic carbocycles. The summed E-state index contributed by atoms with van der Waals surface area (Å²) in [6.45, 7) is 0. The Labute approximate surface area is 120 Å². The first-order chi connectivity index (χ1) is 9.02. The number of ether oxygens (including phenoxy) is 1. The van der Waals surface area contributed by atoms with Crippen molar-refractivity contribution in [2.45, 2.75) is 6.04 Å². The first kappa shape index (κ1) is 14.1. The van der Waals surface area contributed by atoms with Gasteiger partial charge in [0, 0.05) is 15.6 Å². The molecule has 2 N–H and O–H groups in total. The van der Waals surface area contributed by atoms with E-state index in [9.17, 15) is 4.39 Å². The van der Waals surface area contributed by atoms with Gasteiger partial charge in [-0.3, -0.25) is 0 Å². The van der Waals surface area contributed by atoms with Gasteiger partial charge in [0.15, 0.2) is 11.6 Å². The zero-order valence-corrected chi connectivity index (χ0v) is 11.7. The van der Waals surface area contributed by atoms with Crippen LogP contribution in [0.15, 0.2) is 36.4 Å². The second-order valence-electron chi connectivity index (χ2n) is 4.04. The molecule has 0 fully saturated rings. The van der Waals surface area contributed by atoms with Crippen LogP contribution >= 0.6 is 23.2 Å². The molecule has 19 heavy (non-hydrogen) atoms. The summed E-state index contributed by atoms with van der Waals surface area (Å²) < 4.78 is 19.1. The van der Waals surface area contributed by atoms with Crippen LogP contribution in [0.1, 0.15) is 17.2 Å². The van der Waals surface area contributed by atoms with Gasteiger partial charge in [-0.25, -0.2) is 4.39 Å². The number of hydrogen-bond donors (Lipinski definition) is 1. The average Bonchev–Trinajstić information content (AvgIpc) is 2.37. The highest BCUT2D eigenvalue weighted by molar-refractivity contribution is 6.34. The van der Waals surface area contributed by atoms with Gasteiger partial charge in [-0.2, -0.15) is 0 Å². The van der Waals surface area contributed by atoms with E-state index in [4.69, 9.17) is 33.7 Å². The molecule has 0 aliphatic heterocycles. The fourth-order valence-electron chi connectivity index (χ4n) is 1.86. The molecule has 2 nitrogen and oxygen atoms in total. The number of halogens is 3. The number of methoxy groups -OCH3 is 1. The molecule has 0 saturated heterocycles. The molecular formula is C14H12Cl2FNO. The normalized spacial score (nSPS) is 12.3. The van der Waals surface area contributed by atoms with E-state index in [1.54, 1.807) is 30.3 Å². The zero-order chi connectivity index (χ0) is 14.0. The largest absolute Gasteiger partial charge is 0.494 e. The summed E-state index contributed by atoms with van der Waals surface area (Å²) in [5.74, 6) is -0.324. The standard InChI is InChI=1S/C14H12Cl2FNO/c1-19-12-4-2-3-11(13(12)17)14(18)8-5-9(15)7-10(16)6-8/h2-7,14H,18H2,1H3. The minimum Gasteiger partial charge on any atom is -0.494 e. The number of nitrogens with two attached hydrogens (primary N) is 1. The number of rotatable bonds is 3. The van der Waals surface area contributed by atoms with Crippen molar-refractivity contribution in [1.82, 2.24) is 0 Å². The molecule has 0 amide bonds. The highest BCUT2D eigenvalue weighted by Gasteiger charge is 2.17. The van der Waals surface area contributed by atoms with Gasteiger partial charge in [0.05, 0.1) is 13.2 Å². The lowest BCUT2D eigenvalue weighted by molar-refractivity contribution is 0.383. The van der Waals surface area contributed by atoms with Crippen LogP contribution in [0.5, 0.6) is 5.75 Å². The predicted octanol–water partition coefficient (Wildman–Crippen LogP) is 4.19. The fourth-order valence-corrected chi connectivity index (χ4v) is 2.40. The van der Waals surface area contributed by atoms with E-state index in [1.807, 2.05) is 0 Å². The highest BCUT2D eigenvalue weighted by atomic mass is 35.5. The molecule has 0 aliphatic rings. The first-order valence-corrected chi connectivity index (χ1v) is 6.32. The minimum atomic E-state index is -0.661. The van der Waals surface area contributed by atoms with Crippen molar-refractivity contribution in [3.05, 3.63) is 63.4 Å². The zero-order valence-electron chi connectivity index (χ0n) is 10.2. The minimum absolute atomic E-state index is 0.154. The molecular weight excluding hydrogens is 288 g/mol. The molecule has 0 heterocycles. The van der Waals surface area contributed by atoms with Crippen molar-refractivity contribution in [2.75, 3.05) is 7.11 Å². The molecule has 2 aromatic rings. The van der Waals surface area contributed by atoms with Gasteiger partial charge in [-0.1, -0.05) is 35.3 Å². The molecule has 0 saturated carbocycles. The van der Waals surface area contributed by atoms with E-state index in [0.29, 0.717) is 21.2 Å². The van der Waals surface area contributed by atoms with Crippen LogP contribution in [0, 0.1) is 5.82 Å². The summed E-state index contributed by atoms with van der Waals surface area (Å²) in [5.41, 5.74) is 7.04. The van der Waals surface area contributed by atoms with E-state index in [0.717, 1.165) is 0 Å². The van der Waals surface area contributed by atoms with Gasteiger partial charge in [0.25, 0.3) is 0 Å².